The molecule has 0 saturated heterocycles. The van der Waals surface area contributed by atoms with Crippen molar-refractivity contribution in [3.05, 3.63) is 39.9 Å². The molecular formula is C14H18F2N2O5S. The maximum absolute atomic E-state index is 14.2. The first-order valence-corrected chi connectivity index (χ1v) is 7.91. The highest BCUT2D eigenvalue weighted by atomic mass is 32.2. The van der Waals surface area contributed by atoms with Crippen LogP contribution in [0.15, 0.2) is 24.3 Å². The molecule has 0 fully saturated rings. The van der Waals surface area contributed by atoms with Crippen molar-refractivity contribution in [3.8, 4) is 0 Å². The van der Waals surface area contributed by atoms with Crippen LogP contribution in [0.5, 0.6) is 0 Å². The van der Waals surface area contributed by atoms with Gasteiger partial charge in [0.25, 0.3) is 5.69 Å². The highest BCUT2D eigenvalue weighted by Gasteiger charge is 2.52. The number of aliphatic carboxylic acids is 1. The molecule has 134 valence electrons. The van der Waals surface area contributed by atoms with Crippen molar-refractivity contribution in [2.24, 2.45) is 0 Å². The van der Waals surface area contributed by atoms with Crippen molar-refractivity contribution in [1.82, 2.24) is 4.31 Å². The average molecular weight is 364 g/mol. The molecule has 0 aliphatic carbocycles. The van der Waals surface area contributed by atoms with Gasteiger partial charge in [0.15, 0.2) is 0 Å². The fraction of sp³-hybridized carbons (Fsp3) is 0.500. The SMILES string of the molecule is CN([C@H](c1ccc([N+](=O)[O-])cc1)C(F)(F)C(=O)O)S(=O)C(C)(C)C. The Hall–Kier alpha value is -1.94. The lowest BCUT2D eigenvalue weighted by Gasteiger charge is -2.35. The number of nitro groups is 1. The molecule has 1 N–H and O–H groups in total. The van der Waals surface area contributed by atoms with Crippen LogP contribution in [-0.2, 0) is 15.8 Å². The van der Waals surface area contributed by atoms with E-state index < -0.39 is 38.6 Å². The molecule has 1 unspecified atom stereocenters. The van der Waals surface area contributed by atoms with E-state index in [-0.39, 0.29) is 11.3 Å². The Morgan fingerprint density at radius 2 is 1.75 bits per heavy atom. The Labute approximate surface area is 140 Å². The van der Waals surface area contributed by atoms with Gasteiger partial charge in [-0.1, -0.05) is 12.1 Å². The number of non-ortho nitro benzene ring substituents is 1. The quantitative estimate of drug-likeness (QED) is 0.618. The van der Waals surface area contributed by atoms with Crippen LogP contribution in [-0.4, -0.2) is 42.2 Å². The molecule has 24 heavy (non-hydrogen) atoms. The maximum Gasteiger partial charge on any atom is 0.376 e. The Bertz CT molecular complexity index is 658. The number of benzene rings is 1. The molecule has 1 aromatic rings. The summed E-state index contributed by atoms with van der Waals surface area (Å²) in [5.41, 5.74) is -0.510. The summed E-state index contributed by atoms with van der Waals surface area (Å²) in [5, 5.41) is 19.5. The van der Waals surface area contributed by atoms with Gasteiger partial charge in [-0.2, -0.15) is 8.78 Å². The Morgan fingerprint density at radius 1 is 1.29 bits per heavy atom. The molecule has 7 nitrogen and oxygen atoms in total. The molecule has 0 radical (unpaired) electrons. The summed E-state index contributed by atoms with van der Waals surface area (Å²) in [5.74, 6) is -6.62. The molecule has 0 aromatic heterocycles. The standard InChI is InChI=1S/C14H18F2N2O5S/c1-13(2,3)24(23)17(4)11(14(15,16)12(19)20)9-5-7-10(8-6-9)18(21)22/h5-8,11H,1-4H3,(H,19,20)/t11-,24?/m1/s1. The molecule has 0 saturated carbocycles. The normalized spacial score (nSPS) is 15.1. The molecule has 1 aromatic carbocycles. The lowest BCUT2D eigenvalue weighted by molar-refractivity contribution is -0.384. The molecular weight excluding hydrogens is 346 g/mol. The van der Waals surface area contributed by atoms with Gasteiger partial charge in [-0.25, -0.2) is 13.3 Å². The first kappa shape index (κ1) is 20.1. The highest BCUT2D eigenvalue weighted by molar-refractivity contribution is 7.84. The molecule has 0 spiro atoms. The average Bonchev–Trinajstić information content (AvgIpc) is 2.45. The number of hydrogen-bond acceptors (Lipinski definition) is 4. The van der Waals surface area contributed by atoms with Crippen molar-refractivity contribution in [2.75, 3.05) is 7.05 Å². The molecule has 0 aliphatic rings. The zero-order valence-corrected chi connectivity index (χ0v) is 14.3. The van der Waals surface area contributed by atoms with Crippen LogP contribution in [0.1, 0.15) is 32.4 Å². The van der Waals surface area contributed by atoms with Crippen LogP contribution in [0.25, 0.3) is 0 Å². The number of alkyl halides is 2. The van der Waals surface area contributed by atoms with Crippen molar-refractivity contribution >= 4 is 22.6 Å². The number of hydrogen-bond donors (Lipinski definition) is 1. The summed E-state index contributed by atoms with van der Waals surface area (Å²) in [6.07, 6.45) is 0. The van der Waals surface area contributed by atoms with Gasteiger partial charge in [0.05, 0.1) is 9.67 Å². The largest absolute Gasteiger partial charge is 0.477 e. The van der Waals surface area contributed by atoms with Gasteiger partial charge < -0.3 is 5.11 Å². The Morgan fingerprint density at radius 3 is 2.08 bits per heavy atom. The summed E-state index contributed by atoms with van der Waals surface area (Å²) in [6.45, 7) is 4.68. The van der Waals surface area contributed by atoms with E-state index in [0.717, 1.165) is 35.6 Å². The fourth-order valence-corrected chi connectivity index (χ4v) is 3.38. The third kappa shape index (κ3) is 4.12. The van der Waals surface area contributed by atoms with Crippen molar-refractivity contribution in [1.29, 1.82) is 0 Å². The fourth-order valence-electron chi connectivity index (χ4n) is 2.07. The molecule has 10 heteroatoms. The van der Waals surface area contributed by atoms with Gasteiger partial charge in [-0.05, 0) is 26.3 Å². The van der Waals surface area contributed by atoms with Gasteiger partial charge in [0.1, 0.15) is 17.0 Å². The first-order valence-electron chi connectivity index (χ1n) is 6.80. The van der Waals surface area contributed by atoms with E-state index in [1.54, 1.807) is 20.8 Å². The minimum atomic E-state index is -4.24. The van der Waals surface area contributed by atoms with Gasteiger partial charge in [-0.3, -0.25) is 10.1 Å². The number of nitrogens with zero attached hydrogens (tertiary/aromatic N) is 2. The van der Waals surface area contributed by atoms with E-state index in [1.807, 2.05) is 0 Å². The highest BCUT2D eigenvalue weighted by Crippen LogP contribution is 2.39. The first-order chi connectivity index (χ1) is 10.8. The minimum absolute atomic E-state index is 0.187. The molecule has 2 atom stereocenters. The molecule has 0 amide bonds. The van der Waals surface area contributed by atoms with E-state index in [1.165, 1.54) is 0 Å². The van der Waals surface area contributed by atoms with Gasteiger partial charge in [-0.15, -0.1) is 0 Å². The number of nitro benzene ring substituents is 1. The van der Waals surface area contributed by atoms with Crippen LogP contribution in [0, 0.1) is 10.1 Å². The van der Waals surface area contributed by atoms with E-state index in [9.17, 15) is 27.9 Å². The summed E-state index contributed by atoms with van der Waals surface area (Å²) in [4.78, 5) is 21.0. The van der Waals surface area contributed by atoms with Crippen LogP contribution in [0.4, 0.5) is 14.5 Å². The van der Waals surface area contributed by atoms with Crippen molar-refractivity contribution < 1.29 is 27.8 Å². The lowest BCUT2D eigenvalue weighted by Crippen LogP contribution is -2.47. The number of rotatable bonds is 6. The third-order valence-corrected chi connectivity index (χ3v) is 4.98. The second-order valence-corrected chi connectivity index (χ2v) is 8.39. The van der Waals surface area contributed by atoms with Gasteiger partial charge in [0.2, 0.25) is 0 Å². The monoisotopic (exact) mass is 364 g/mol. The predicted octanol–water partition coefficient (Wildman–Crippen LogP) is 2.75. The van der Waals surface area contributed by atoms with Gasteiger partial charge in [0, 0.05) is 19.2 Å². The summed E-state index contributed by atoms with van der Waals surface area (Å²) < 4.78 is 40.8. The second kappa shape index (κ2) is 6.89. The Kier molecular flexibility index (Phi) is 5.78. The van der Waals surface area contributed by atoms with Crippen molar-refractivity contribution in [2.45, 2.75) is 37.5 Å². The molecule has 0 aliphatic heterocycles. The van der Waals surface area contributed by atoms with Crippen LogP contribution < -0.4 is 0 Å². The van der Waals surface area contributed by atoms with Crippen LogP contribution in [0.3, 0.4) is 0 Å². The molecule has 0 heterocycles. The van der Waals surface area contributed by atoms with Gasteiger partial charge >= 0.3 is 11.9 Å². The Balaban J connectivity index is 3.42. The zero-order chi connectivity index (χ0) is 18.9. The van der Waals surface area contributed by atoms with Crippen LogP contribution >= 0.6 is 0 Å². The second-order valence-electron chi connectivity index (χ2n) is 6.09. The summed E-state index contributed by atoms with van der Waals surface area (Å²) in [6, 6.07) is 2.02. The summed E-state index contributed by atoms with van der Waals surface area (Å²) in [7, 11) is -0.804. The van der Waals surface area contributed by atoms with E-state index >= 15 is 0 Å². The number of carbonyl (C=O) groups is 1. The molecule has 1 rings (SSSR count). The van der Waals surface area contributed by atoms with E-state index in [0.29, 0.717) is 0 Å². The van der Waals surface area contributed by atoms with Crippen molar-refractivity contribution in [3.63, 3.8) is 0 Å². The number of halogens is 2. The van der Waals surface area contributed by atoms with E-state index in [4.69, 9.17) is 5.11 Å². The zero-order valence-electron chi connectivity index (χ0n) is 13.5. The number of carboxylic acids is 1. The number of carboxylic acid groups (broad SMARTS) is 1. The van der Waals surface area contributed by atoms with Crippen LogP contribution in [0.2, 0.25) is 0 Å². The smallest absolute Gasteiger partial charge is 0.376 e. The van der Waals surface area contributed by atoms with E-state index in [2.05, 4.69) is 0 Å². The maximum atomic E-state index is 14.2. The lowest BCUT2D eigenvalue weighted by atomic mass is 10.0. The minimum Gasteiger partial charge on any atom is -0.477 e. The third-order valence-electron chi connectivity index (χ3n) is 3.20. The molecule has 0 bridgehead atoms. The predicted molar refractivity (Wildman–Crippen MR) is 84.1 cm³/mol. The topological polar surface area (TPSA) is 101 Å². The summed E-state index contributed by atoms with van der Waals surface area (Å²) >= 11 is 0.